The van der Waals surface area contributed by atoms with E-state index in [0.717, 1.165) is 9.88 Å². The van der Waals surface area contributed by atoms with E-state index in [1.807, 2.05) is 0 Å². The Bertz CT molecular complexity index is 739. The number of ether oxygens (including phenoxy) is 1. The maximum absolute atomic E-state index is 14.5. The molecule has 6 heteroatoms. The standard InChI is InChI=1S/C19H23FN2O2S/c1-12(2)24-19(23)22-14-8-9-15(16(20)10-14)17-11-21-18(25-17)13-6-4-3-5-7-13/h8-13H,3-7H2,1-2H3,(H,22,23). The molecule has 4 nitrogen and oxygen atoms in total. The van der Waals surface area contributed by atoms with Gasteiger partial charge in [-0.05, 0) is 44.9 Å². The van der Waals surface area contributed by atoms with Crippen molar-refractivity contribution in [2.75, 3.05) is 5.32 Å². The lowest BCUT2D eigenvalue weighted by atomic mass is 9.90. The highest BCUT2D eigenvalue weighted by atomic mass is 32.1. The van der Waals surface area contributed by atoms with E-state index in [9.17, 15) is 9.18 Å². The van der Waals surface area contributed by atoms with Crippen LogP contribution in [0.25, 0.3) is 10.4 Å². The normalized spacial score (nSPS) is 15.4. The molecule has 3 rings (SSSR count). The summed E-state index contributed by atoms with van der Waals surface area (Å²) in [5.74, 6) is 0.142. The van der Waals surface area contributed by atoms with E-state index in [1.165, 1.54) is 38.2 Å². The van der Waals surface area contributed by atoms with Gasteiger partial charge in [0.2, 0.25) is 0 Å². The number of aromatic nitrogens is 1. The van der Waals surface area contributed by atoms with Gasteiger partial charge in [-0.25, -0.2) is 14.2 Å². The van der Waals surface area contributed by atoms with Crippen molar-refractivity contribution in [1.29, 1.82) is 0 Å². The fraction of sp³-hybridized carbons (Fsp3) is 0.474. The first kappa shape index (κ1) is 17.9. The van der Waals surface area contributed by atoms with Gasteiger partial charge in [-0.2, -0.15) is 0 Å². The second-order valence-corrected chi connectivity index (χ2v) is 7.73. The van der Waals surface area contributed by atoms with E-state index < -0.39 is 6.09 Å². The summed E-state index contributed by atoms with van der Waals surface area (Å²) in [5.41, 5.74) is 0.895. The quantitative estimate of drug-likeness (QED) is 0.731. The Morgan fingerprint density at radius 3 is 2.76 bits per heavy atom. The number of amides is 1. The molecule has 1 N–H and O–H groups in total. The minimum absolute atomic E-state index is 0.223. The third-order valence-electron chi connectivity index (χ3n) is 4.30. The average Bonchev–Trinajstić information content (AvgIpc) is 3.04. The molecule has 1 aliphatic rings. The number of carbonyl (C=O) groups excluding carboxylic acids is 1. The van der Waals surface area contributed by atoms with Crippen molar-refractivity contribution in [1.82, 2.24) is 4.98 Å². The molecule has 1 aromatic carbocycles. The van der Waals surface area contributed by atoms with Gasteiger partial charge in [0.05, 0.1) is 16.0 Å². The van der Waals surface area contributed by atoms with Crippen LogP contribution in [0.2, 0.25) is 0 Å². The fourth-order valence-electron chi connectivity index (χ4n) is 3.10. The Hall–Kier alpha value is -1.95. The van der Waals surface area contributed by atoms with E-state index in [0.29, 0.717) is 17.2 Å². The molecule has 1 aliphatic carbocycles. The number of rotatable bonds is 4. The number of nitrogens with zero attached hydrogens (tertiary/aromatic N) is 1. The molecule has 0 radical (unpaired) electrons. The van der Waals surface area contributed by atoms with Crippen LogP contribution < -0.4 is 5.32 Å². The first-order valence-electron chi connectivity index (χ1n) is 8.76. The lowest BCUT2D eigenvalue weighted by molar-refractivity contribution is 0.130. The van der Waals surface area contributed by atoms with Gasteiger partial charge in [0.15, 0.2) is 0 Å². The largest absolute Gasteiger partial charge is 0.447 e. The predicted molar refractivity (Wildman–Crippen MR) is 98.6 cm³/mol. The number of anilines is 1. The van der Waals surface area contributed by atoms with Crippen LogP contribution in [-0.4, -0.2) is 17.2 Å². The molecule has 1 saturated carbocycles. The monoisotopic (exact) mass is 362 g/mol. The molecule has 1 aromatic heterocycles. The lowest BCUT2D eigenvalue weighted by Gasteiger charge is -2.18. The van der Waals surface area contributed by atoms with Crippen molar-refractivity contribution in [3.05, 3.63) is 35.2 Å². The van der Waals surface area contributed by atoms with E-state index in [1.54, 1.807) is 43.5 Å². The van der Waals surface area contributed by atoms with Gasteiger partial charge >= 0.3 is 6.09 Å². The average molecular weight is 362 g/mol. The molecule has 1 heterocycles. The van der Waals surface area contributed by atoms with Gasteiger partial charge in [-0.1, -0.05) is 19.3 Å². The van der Waals surface area contributed by atoms with E-state index in [2.05, 4.69) is 10.3 Å². The van der Waals surface area contributed by atoms with Crippen molar-refractivity contribution >= 4 is 23.1 Å². The zero-order valence-corrected chi connectivity index (χ0v) is 15.4. The van der Waals surface area contributed by atoms with Crippen LogP contribution >= 0.6 is 11.3 Å². The van der Waals surface area contributed by atoms with E-state index in [-0.39, 0.29) is 11.9 Å². The second kappa shape index (κ2) is 7.95. The molecule has 2 aromatic rings. The van der Waals surface area contributed by atoms with Crippen LogP contribution in [0.5, 0.6) is 0 Å². The molecule has 134 valence electrons. The third kappa shape index (κ3) is 4.57. The second-order valence-electron chi connectivity index (χ2n) is 6.67. The number of carbonyl (C=O) groups is 1. The minimum Gasteiger partial charge on any atom is -0.447 e. The number of thiazole rings is 1. The maximum atomic E-state index is 14.5. The third-order valence-corrected chi connectivity index (χ3v) is 5.49. The molecule has 25 heavy (non-hydrogen) atoms. The van der Waals surface area contributed by atoms with Gasteiger partial charge in [0.1, 0.15) is 5.82 Å². The predicted octanol–water partition coefficient (Wildman–Crippen LogP) is 5.95. The fourth-order valence-corrected chi connectivity index (χ4v) is 4.22. The smallest absolute Gasteiger partial charge is 0.411 e. The Labute approximate surface area is 151 Å². The van der Waals surface area contributed by atoms with Gasteiger partial charge in [0.25, 0.3) is 0 Å². The Morgan fingerprint density at radius 2 is 2.08 bits per heavy atom. The first-order chi connectivity index (χ1) is 12.0. The molecule has 0 atom stereocenters. The number of benzene rings is 1. The van der Waals surface area contributed by atoms with Crippen molar-refractivity contribution in [2.24, 2.45) is 0 Å². The molecule has 0 bridgehead atoms. The van der Waals surface area contributed by atoms with Crippen LogP contribution in [0.4, 0.5) is 14.9 Å². The summed E-state index contributed by atoms with van der Waals surface area (Å²) in [5, 5.41) is 3.64. The molecule has 1 amide bonds. The SMILES string of the molecule is CC(C)OC(=O)Nc1ccc(-c2cnc(C3CCCCC3)s2)c(F)c1. The highest BCUT2D eigenvalue weighted by molar-refractivity contribution is 7.15. The summed E-state index contributed by atoms with van der Waals surface area (Å²) in [6, 6.07) is 4.68. The van der Waals surface area contributed by atoms with Crippen LogP contribution in [0.3, 0.4) is 0 Å². The molecule has 0 spiro atoms. The summed E-state index contributed by atoms with van der Waals surface area (Å²) in [7, 11) is 0. The molecule has 0 aliphatic heterocycles. The van der Waals surface area contributed by atoms with Crippen molar-refractivity contribution in [3.8, 4) is 10.4 Å². The van der Waals surface area contributed by atoms with Crippen molar-refractivity contribution in [2.45, 2.75) is 58.0 Å². The molecule has 1 fully saturated rings. The first-order valence-corrected chi connectivity index (χ1v) is 9.58. The number of hydrogen-bond acceptors (Lipinski definition) is 4. The summed E-state index contributed by atoms with van der Waals surface area (Å²) in [4.78, 5) is 17.0. The van der Waals surface area contributed by atoms with Crippen molar-refractivity contribution < 1.29 is 13.9 Å². The van der Waals surface area contributed by atoms with E-state index >= 15 is 0 Å². The van der Waals surface area contributed by atoms with E-state index in [4.69, 9.17) is 4.74 Å². The maximum Gasteiger partial charge on any atom is 0.411 e. The van der Waals surface area contributed by atoms with Crippen LogP contribution in [0, 0.1) is 5.82 Å². The molecule has 0 unspecified atom stereocenters. The Kier molecular flexibility index (Phi) is 5.68. The highest BCUT2D eigenvalue weighted by Gasteiger charge is 2.20. The summed E-state index contributed by atoms with van der Waals surface area (Å²) < 4.78 is 19.5. The van der Waals surface area contributed by atoms with Crippen LogP contribution in [0.15, 0.2) is 24.4 Å². The zero-order chi connectivity index (χ0) is 17.8. The van der Waals surface area contributed by atoms with Crippen molar-refractivity contribution in [3.63, 3.8) is 0 Å². The summed E-state index contributed by atoms with van der Waals surface area (Å²) >= 11 is 1.57. The van der Waals surface area contributed by atoms with Gasteiger partial charge in [0, 0.05) is 23.4 Å². The van der Waals surface area contributed by atoms with Crippen LogP contribution in [-0.2, 0) is 4.74 Å². The minimum atomic E-state index is -0.584. The molecular formula is C19H23FN2O2S. The molecule has 0 saturated heterocycles. The molecular weight excluding hydrogens is 339 g/mol. The van der Waals surface area contributed by atoms with Gasteiger partial charge in [-0.3, -0.25) is 5.32 Å². The topological polar surface area (TPSA) is 51.2 Å². The Morgan fingerprint density at radius 1 is 1.32 bits per heavy atom. The van der Waals surface area contributed by atoms with Gasteiger partial charge in [-0.15, -0.1) is 11.3 Å². The number of halogens is 1. The van der Waals surface area contributed by atoms with Gasteiger partial charge < -0.3 is 4.74 Å². The lowest BCUT2D eigenvalue weighted by Crippen LogP contribution is -2.18. The highest BCUT2D eigenvalue weighted by Crippen LogP contribution is 2.38. The Balaban J connectivity index is 1.72. The zero-order valence-electron chi connectivity index (χ0n) is 14.5. The van der Waals surface area contributed by atoms with Crippen LogP contribution in [0.1, 0.15) is 56.9 Å². The number of nitrogens with one attached hydrogen (secondary N) is 1. The summed E-state index contributed by atoms with van der Waals surface area (Å²) in [6.07, 6.45) is 7.11. The number of hydrogen-bond donors (Lipinski definition) is 1. The summed E-state index contributed by atoms with van der Waals surface area (Å²) in [6.45, 7) is 3.52.